The summed E-state index contributed by atoms with van der Waals surface area (Å²) >= 11 is 0. The van der Waals surface area contributed by atoms with Gasteiger partial charge in [0.2, 0.25) is 0 Å². The number of rotatable bonds is 5. The number of morpholine rings is 1. The monoisotopic (exact) mass is 362 g/mol. The zero-order valence-electron chi connectivity index (χ0n) is 14.9. The lowest BCUT2D eigenvalue weighted by Gasteiger charge is -2.43. The molecule has 1 aromatic rings. The fourth-order valence-electron chi connectivity index (χ4n) is 3.41. The molecule has 1 atom stereocenters. The van der Waals surface area contributed by atoms with E-state index in [1.54, 1.807) is 13.0 Å². The molecular weight excluding hydrogens is 339 g/mol. The average Bonchev–Trinajstić information content (AvgIpc) is 2.63. The summed E-state index contributed by atoms with van der Waals surface area (Å²) in [5, 5.41) is 9.65. The quantitative estimate of drug-likeness (QED) is 0.866. The highest BCUT2D eigenvalue weighted by Crippen LogP contribution is 2.31. The van der Waals surface area contributed by atoms with Crippen molar-refractivity contribution in [1.82, 2.24) is 9.80 Å². The van der Waals surface area contributed by atoms with Gasteiger partial charge in [-0.1, -0.05) is 12.1 Å². The molecule has 1 fully saturated rings. The number of ether oxygens (including phenoxy) is 2. The smallest absolute Gasteiger partial charge is 0.336 e. The molecule has 0 spiro atoms. The molecule has 0 bridgehead atoms. The van der Waals surface area contributed by atoms with Crippen molar-refractivity contribution in [2.45, 2.75) is 19.7 Å². The van der Waals surface area contributed by atoms with Crippen molar-refractivity contribution in [2.24, 2.45) is 0 Å². The van der Waals surface area contributed by atoms with Gasteiger partial charge in [-0.3, -0.25) is 0 Å². The Morgan fingerprint density at radius 1 is 1.38 bits per heavy atom. The number of methoxy groups -OCH3 is 1. The topological polar surface area (TPSA) is 62.2 Å². The van der Waals surface area contributed by atoms with Crippen molar-refractivity contribution in [2.75, 3.05) is 33.4 Å². The lowest BCUT2D eigenvalue weighted by atomic mass is 10.0. The van der Waals surface area contributed by atoms with Gasteiger partial charge in [-0.25, -0.2) is 9.18 Å². The molecule has 3 rings (SSSR count). The second-order valence-electron chi connectivity index (χ2n) is 6.35. The van der Waals surface area contributed by atoms with E-state index in [0.29, 0.717) is 38.4 Å². The van der Waals surface area contributed by atoms with E-state index in [2.05, 4.69) is 4.90 Å². The number of allylic oxidation sites excluding steroid dienone is 2. The summed E-state index contributed by atoms with van der Waals surface area (Å²) in [4.78, 5) is 15.8. The van der Waals surface area contributed by atoms with Gasteiger partial charge in [-0.05, 0) is 36.3 Å². The Labute approximate surface area is 152 Å². The minimum absolute atomic E-state index is 0.195. The molecule has 26 heavy (non-hydrogen) atoms. The molecule has 1 unspecified atom stereocenters. The molecule has 1 saturated heterocycles. The summed E-state index contributed by atoms with van der Waals surface area (Å²) in [6.07, 6.45) is 1.11. The predicted molar refractivity (Wildman–Crippen MR) is 93.6 cm³/mol. The van der Waals surface area contributed by atoms with E-state index >= 15 is 0 Å². The highest BCUT2D eigenvalue weighted by atomic mass is 19.1. The molecule has 0 aromatic heterocycles. The SMILES string of the molecule is COC1C(C(=O)O)=C(C)C=C(N2CCOCC2)N1Cc1cccc(F)c1. The Morgan fingerprint density at radius 2 is 2.12 bits per heavy atom. The third kappa shape index (κ3) is 3.73. The maximum Gasteiger partial charge on any atom is 0.336 e. The normalized spacial score (nSPS) is 21.0. The van der Waals surface area contributed by atoms with Gasteiger partial charge in [0.1, 0.15) is 11.6 Å². The van der Waals surface area contributed by atoms with E-state index in [9.17, 15) is 14.3 Å². The molecule has 2 heterocycles. The van der Waals surface area contributed by atoms with E-state index in [-0.39, 0.29) is 11.4 Å². The summed E-state index contributed by atoms with van der Waals surface area (Å²) in [5.41, 5.74) is 1.60. The summed E-state index contributed by atoms with van der Waals surface area (Å²) in [6, 6.07) is 6.31. The molecule has 0 amide bonds. The van der Waals surface area contributed by atoms with Gasteiger partial charge in [-0.2, -0.15) is 0 Å². The van der Waals surface area contributed by atoms with Crippen LogP contribution in [0, 0.1) is 5.82 Å². The number of benzene rings is 1. The number of hydrogen-bond donors (Lipinski definition) is 1. The van der Waals surface area contributed by atoms with Crippen molar-refractivity contribution in [3.05, 3.63) is 58.7 Å². The van der Waals surface area contributed by atoms with E-state index < -0.39 is 12.2 Å². The first-order valence-electron chi connectivity index (χ1n) is 8.53. The van der Waals surface area contributed by atoms with Gasteiger partial charge in [-0.15, -0.1) is 0 Å². The number of carbonyl (C=O) groups is 1. The van der Waals surface area contributed by atoms with Crippen LogP contribution in [0.1, 0.15) is 12.5 Å². The van der Waals surface area contributed by atoms with Crippen molar-refractivity contribution < 1.29 is 23.8 Å². The third-order valence-corrected chi connectivity index (χ3v) is 4.63. The maximum absolute atomic E-state index is 13.6. The first kappa shape index (κ1) is 18.4. The van der Waals surface area contributed by atoms with Crippen LogP contribution in [0.3, 0.4) is 0 Å². The predicted octanol–water partition coefficient (Wildman–Crippen LogP) is 2.19. The Morgan fingerprint density at radius 3 is 2.73 bits per heavy atom. The molecule has 0 saturated carbocycles. The van der Waals surface area contributed by atoms with Gasteiger partial charge >= 0.3 is 5.97 Å². The maximum atomic E-state index is 13.6. The van der Waals surface area contributed by atoms with Crippen LogP contribution in [-0.4, -0.2) is 60.5 Å². The van der Waals surface area contributed by atoms with Crippen LogP contribution in [-0.2, 0) is 20.8 Å². The van der Waals surface area contributed by atoms with Crippen LogP contribution in [0.15, 0.2) is 47.3 Å². The number of nitrogens with zero attached hydrogens (tertiary/aromatic N) is 2. The van der Waals surface area contributed by atoms with Crippen LogP contribution < -0.4 is 0 Å². The first-order chi connectivity index (χ1) is 12.5. The number of carboxylic acids is 1. The largest absolute Gasteiger partial charge is 0.478 e. The van der Waals surface area contributed by atoms with Crippen LogP contribution in [0.25, 0.3) is 0 Å². The molecular formula is C19H23FN2O4. The Hall–Kier alpha value is -2.38. The van der Waals surface area contributed by atoms with Crippen molar-refractivity contribution in [3.8, 4) is 0 Å². The number of hydrogen-bond acceptors (Lipinski definition) is 5. The highest BCUT2D eigenvalue weighted by Gasteiger charge is 2.35. The van der Waals surface area contributed by atoms with E-state index in [1.807, 2.05) is 17.0 Å². The standard InChI is InChI=1S/C19H23FN2O4/c1-13-10-16(21-6-8-26-9-7-21)22(18(25-2)17(13)19(23)24)12-14-4-3-5-15(20)11-14/h3-5,10-11,18H,6-9,12H2,1-2H3,(H,23,24). The van der Waals surface area contributed by atoms with E-state index in [4.69, 9.17) is 9.47 Å². The Bertz CT molecular complexity index is 741. The van der Waals surface area contributed by atoms with Crippen molar-refractivity contribution in [3.63, 3.8) is 0 Å². The van der Waals surface area contributed by atoms with Gasteiger partial charge < -0.3 is 24.4 Å². The van der Waals surface area contributed by atoms with Gasteiger partial charge in [0.05, 0.1) is 18.8 Å². The molecule has 2 aliphatic rings. The van der Waals surface area contributed by atoms with E-state index in [0.717, 1.165) is 11.4 Å². The molecule has 1 aromatic carbocycles. The second-order valence-corrected chi connectivity index (χ2v) is 6.35. The molecule has 1 N–H and O–H groups in total. The minimum Gasteiger partial charge on any atom is -0.478 e. The van der Waals surface area contributed by atoms with Crippen LogP contribution in [0.2, 0.25) is 0 Å². The zero-order valence-corrected chi connectivity index (χ0v) is 14.9. The fourth-order valence-corrected chi connectivity index (χ4v) is 3.41. The zero-order chi connectivity index (χ0) is 18.7. The van der Waals surface area contributed by atoms with Gasteiger partial charge in [0, 0.05) is 26.7 Å². The molecule has 0 aliphatic carbocycles. The van der Waals surface area contributed by atoms with Crippen LogP contribution >= 0.6 is 0 Å². The van der Waals surface area contributed by atoms with Crippen molar-refractivity contribution >= 4 is 5.97 Å². The number of carboxylic acid groups (broad SMARTS) is 1. The Kier molecular flexibility index (Phi) is 5.58. The average molecular weight is 362 g/mol. The molecule has 6 nitrogen and oxygen atoms in total. The lowest BCUT2D eigenvalue weighted by molar-refractivity contribution is -0.136. The van der Waals surface area contributed by atoms with Crippen LogP contribution in [0.5, 0.6) is 0 Å². The van der Waals surface area contributed by atoms with E-state index in [1.165, 1.54) is 19.2 Å². The first-order valence-corrected chi connectivity index (χ1v) is 8.53. The lowest BCUT2D eigenvalue weighted by Crippen LogP contribution is -2.49. The second kappa shape index (κ2) is 7.88. The van der Waals surface area contributed by atoms with Crippen LogP contribution in [0.4, 0.5) is 4.39 Å². The summed E-state index contributed by atoms with van der Waals surface area (Å²) < 4.78 is 24.6. The third-order valence-electron chi connectivity index (χ3n) is 4.63. The summed E-state index contributed by atoms with van der Waals surface area (Å²) in [5.74, 6) is -0.474. The fraction of sp³-hybridized carbons (Fsp3) is 0.421. The highest BCUT2D eigenvalue weighted by molar-refractivity contribution is 5.89. The number of aliphatic carboxylic acids is 1. The molecule has 140 valence electrons. The van der Waals surface area contributed by atoms with Gasteiger partial charge in [0.15, 0.2) is 6.23 Å². The molecule has 7 heteroatoms. The minimum atomic E-state index is -1.02. The van der Waals surface area contributed by atoms with Crippen molar-refractivity contribution in [1.29, 1.82) is 0 Å². The summed E-state index contributed by atoms with van der Waals surface area (Å²) in [7, 11) is 1.49. The Balaban J connectivity index is 2.00. The molecule has 0 radical (unpaired) electrons. The summed E-state index contributed by atoms with van der Waals surface area (Å²) in [6.45, 7) is 4.74. The number of halogens is 1. The molecule has 2 aliphatic heterocycles. The van der Waals surface area contributed by atoms with Gasteiger partial charge in [0.25, 0.3) is 0 Å².